The third-order valence-electron chi connectivity index (χ3n) is 3.85. The summed E-state index contributed by atoms with van der Waals surface area (Å²) in [5, 5.41) is 0. The lowest BCUT2D eigenvalue weighted by molar-refractivity contribution is 0.0303. The van der Waals surface area contributed by atoms with Crippen molar-refractivity contribution in [1.82, 2.24) is 0 Å². The zero-order chi connectivity index (χ0) is 17.9. The Morgan fingerprint density at radius 2 is 1.38 bits per heavy atom. The van der Waals surface area contributed by atoms with Gasteiger partial charge in [0.1, 0.15) is 12.4 Å². The number of hydrogen-bond acceptors (Lipinski definition) is 3. The summed E-state index contributed by atoms with van der Waals surface area (Å²) in [6, 6.07) is 29.3. The minimum atomic E-state index is 0.523. The van der Waals surface area contributed by atoms with Gasteiger partial charge in [0.2, 0.25) is 0 Å². The molecular formula is C23H23O3. The normalized spacial score (nSPS) is 10.6. The summed E-state index contributed by atoms with van der Waals surface area (Å²) in [4.78, 5) is 0. The van der Waals surface area contributed by atoms with E-state index in [2.05, 4.69) is 18.2 Å². The first kappa shape index (κ1) is 18.2. The summed E-state index contributed by atoms with van der Waals surface area (Å²) in [5.74, 6) is 0.841. The van der Waals surface area contributed by atoms with Crippen LogP contribution >= 0.6 is 0 Å². The van der Waals surface area contributed by atoms with E-state index >= 15 is 0 Å². The second-order valence-corrected chi connectivity index (χ2v) is 5.80. The van der Waals surface area contributed by atoms with E-state index in [0.717, 1.165) is 16.9 Å². The van der Waals surface area contributed by atoms with Crippen molar-refractivity contribution in [2.45, 2.75) is 6.61 Å². The Hall–Kier alpha value is -2.62. The lowest BCUT2D eigenvalue weighted by Crippen LogP contribution is -2.10. The van der Waals surface area contributed by atoms with E-state index in [0.29, 0.717) is 33.0 Å². The standard InChI is InChI=1S/C23H23O3/c1-3-7-20(8-4-1)19-25-16-15-24-17-18-26-23-13-11-22(12-14-23)21-9-5-2-6-10-21/h1-9,11-14H,15-19H2. The Labute approximate surface area is 155 Å². The maximum Gasteiger partial charge on any atom is 0.119 e. The van der Waals surface area contributed by atoms with E-state index < -0.39 is 0 Å². The average Bonchev–Trinajstić information content (AvgIpc) is 2.72. The van der Waals surface area contributed by atoms with E-state index in [9.17, 15) is 0 Å². The van der Waals surface area contributed by atoms with Crippen molar-refractivity contribution in [3.8, 4) is 16.9 Å². The summed E-state index contributed by atoms with van der Waals surface area (Å²) in [6.45, 7) is 2.83. The molecule has 3 aromatic rings. The molecule has 0 spiro atoms. The topological polar surface area (TPSA) is 27.7 Å². The molecule has 0 atom stereocenters. The fraction of sp³-hybridized carbons (Fsp3) is 0.217. The van der Waals surface area contributed by atoms with E-state index in [1.165, 1.54) is 5.56 Å². The van der Waals surface area contributed by atoms with E-state index in [-0.39, 0.29) is 0 Å². The number of rotatable bonds is 10. The van der Waals surface area contributed by atoms with Crippen LogP contribution in [0.25, 0.3) is 11.1 Å². The van der Waals surface area contributed by atoms with Crippen LogP contribution in [0.1, 0.15) is 5.56 Å². The summed E-state index contributed by atoms with van der Waals surface area (Å²) in [7, 11) is 0. The highest BCUT2D eigenvalue weighted by atomic mass is 16.5. The molecule has 0 unspecified atom stereocenters. The first-order valence-corrected chi connectivity index (χ1v) is 8.81. The van der Waals surface area contributed by atoms with Gasteiger partial charge in [-0.25, -0.2) is 0 Å². The molecule has 3 rings (SSSR count). The maximum atomic E-state index is 5.70. The lowest BCUT2D eigenvalue weighted by Gasteiger charge is -2.09. The van der Waals surface area contributed by atoms with Crippen LogP contribution in [0.3, 0.4) is 0 Å². The minimum absolute atomic E-state index is 0.523. The summed E-state index contributed by atoms with van der Waals surface area (Å²) >= 11 is 0. The van der Waals surface area contributed by atoms with Gasteiger partial charge in [-0.15, -0.1) is 0 Å². The average molecular weight is 347 g/mol. The van der Waals surface area contributed by atoms with Gasteiger partial charge in [0.05, 0.1) is 26.4 Å². The fourth-order valence-electron chi connectivity index (χ4n) is 2.51. The molecule has 0 N–H and O–H groups in total. The lowest BCUT2D eigenvalue weighted by atomic mass is 10.1. The molecular weight excluding hydrogens is 324 g/mol. The van der Waals surface area contributed by atoms with E-state index in [1.807, 2.05) is 66.7 Å². The van der Waals surface area contributed by atoms with Crippen molar-refractivity contribution in [3.63, 3.8) is 0 Å². The zero-order valence-electron chi connectivity index (χ0n) is 14.8. The quantitative estimate of drug-likeness (QED) is 0.495. The van der Waals surface area contributed by atoms with Crippen molar-refractivity contribution in [2.24, 2.45) is 0 Å². The summed E-state index contributed by atoms with van der Waals surface area (Å²) in [5.41, 5.74) is 3.38. The van der Waals surface area contributed by atoms with Crippen LogP contribution in [-0.4, -0.2) is 26.4 Å². The molecule has 26 heavy (non-hydrogen) atoms. The van der Waals surface area contributed by atoms with Crippen molar-refractivity contribution >= 4 is 0 Å². The fourth-order valence-corrected chi connectivity index (χ4v) is 2.51. The molecule has 133 valence electrons. The second kappa shape index (κ2) is 10.4. The molecule has 0 saturated heterocycles. The molecule has 3 nitrogen and oxygen atoms in total. The number of ether oxygens (including phenoxy) is 3. The van der Waals surface area contributed by atoms with E-state index in [1.54, 1.807) is 0 Å². The highest BCUT2D eigenvalue weighted by molar-refractivity contribution is 5.63. The third-order valence-corrected chi connectivity index (χ3v) is 3.85. The first-order valence-electron chi connectivity index (χ1n) is 8.81. The largest absolute Gasteiger partial charge is 0.491 e. The number of hydrogen-bond donors (Lipinski definition) is 0. The predicted octanol–water partition coefficient (Wildman–Crippen LogP) is 4.77. The molecule has 0 aliphatic heterocycles. The van der Waals surface area contributed by atoms with Gasteiger partial charge in [-0.2, -0.15) is 0 Å². The van der Waals surface area contributed by atoms with Crippen LogP contribution in [0.4, 0.5) is 0 Å². The smallest absolute Gasteiger partial charge is 0.119 e. The molecule has 0 aliphatic carbocycles. The molecule has 0 aromatic heterocycles. The maximum absolute atomic E-state index is 5.70. The van der Waals surface area contributed by atoms with Crippen molar-refractivity contribution in [1.29, 1.82) is 0 Å². The van der Waals surface area contributed by atoms with Crippen LogP contribution in [0.5, 0.6) is 5.75 Å². The first-order chi connectivity index (χ1) is 12.9. The molecule has 0 saturated carbocycles. The van der Waals surface area contributed by atoms with Crippen molar-refractivity contribution in [3.05, 3.63) is 90.5 Å². The number of benzene rings is 3. The van der Waals surface area contributed by atoms with Crippen LogP contribution in [0.2, 0.25) is 0 Å². The minimum Gasteiger partial charge on any atom is -0.491 e. The van der Waals surface area contributed by atoms with Crippen molar-refractivity contribution < 1.29 is 14.2 Å². The SMILES string of the molecule is [c]1ccccc1-c1ccc(OCCOCCOCc2ccccc2)cc1. The Bertz CT molecular complexity index is 739. The van der Waals surface area contributed by atoms with Gasteiger partial charge >= 0.3 is 0 Å². The Balaban J connectivity index is 1.27. The van der Waals surface area contributed by atoms with Gasteiger partial charge in [-0.1, -0.05) is 66.7 Å². The molecule has 0 bridgehead atoms. The van der Waals surface area contributed by atoms with Gasteiger partial charge in [0.15, 0.2) is 0 Å². The van der Waals surface area contributed by atoms with Crippen molar-refractivity contribution in [2.75, 3.05) is 26.4 Å². The molecule has 0 aliphatic rings. The molecule has 0 amide bonds. The van der Waals surface area contributed by atoms with Gasteiger partial charge in [-0.3, -0.25) is 0 Å². The Morgan fingerprint density at radius 1 is 0.654 bits per heavy atom. The van der Waals surface area contributed by atoms with Crippen LogP contribution in [0.15, 0.2) is 78.9 Å². The monoisotopic (exact) mass is 347 g/mol. The summed E-state index contributed by atoms with van der Waals surface area (Å²) < 4.78 is 16.8. The van der Waals surface area contributed by atoms with Gasteiger partial charge < -0.3 is 14.2 Å². The van der Waals surface area contributed by atoms with Gasteiger partial charge in [0.25, 0.3) is 0 Å². The van der Waals surface area contributed by atoms with E-state index in [4.69, 9.17) is 14.2 Å². The third kappa shape index (κ3) is 6.03. The second-order valence-electron chi connectivity index (χ2n) is 5.80. The zero-order valence-corrected chi connectivity index (χ0v) is 14.8. The molecule has 0 heterocycles. The summed E-state index contributed by atoms with van der Waals surface area (Å²) in [6.07, 6.45) is 0. The molecule has 0 fully saturated rings. The van der Waals surface area contributed by atoms with Gasteiger partial charge in [0, 0.05) is 0 Å². The predicted molar refractivity (Wildman–Crippen MR) is 103 cm³/mol. The Kier molecular flexibility index (Phi) is 7.26. The van der Waals surface area contributed by atoms with Crippen LogP contribution in [0, 0.1) is 6.07 Å². The Morgan fingerprint density at radius 3 is 2.15 bits per heavy atom. The molecule has 3 aromatic carbocycles. The van der Waals surface area contributed by atoms with Crippen LogP contribution in [-0.2, 0) is 16.1 Å². The molecule has 1 radical (unpaired) electrons. The highest BCUT2D eigenvalue weighted by Crippen LogP contribution is 2.21. The molecule has 3 heteroatoms. The van der Waals surface area contributed by atoms with Gasteiger partial charge in [-0.05, 0) is 34.9 Å². The highest BCUT2D eigenvalue weighted by Gasteiger charge is 1.99. The van der Waals surface area contributed by atoms with Crippen LogP contribution < -0.4 is 4.74 Å².